The van der Waals surface area contributed by atoms with E-state index in [9.17, 15) is 0 Å². The van der Waals surface area contributed by atoms with E-state index in [-0.39, 0.29) is 7.92 Å². The highest BCUT2D eigenvalue weighted by Gasteiger charge is 2.67. The summed E-state index contributed by atoms with van der Waals surface area (Å²) in [6.45, 7) is 4.93. The number of hydrogen-bond acceptors (Lipinski definition) is 0. The van der Waals surface area contributed by atoms with Crippen molar-refractivity contribution in [1.29, 1.82) is 0 Å². The van der Waals surface area contributed by atoms with Crippen LogP contribution in [-0.2, 0) is 0 Å². The predicted octanol–water partition coefficient (Wildman–Crippen LogP) is 6.40. The smallest absolute Gasteiger partial charge is 0.000354 e. The first-order chi connectivity index (χ1) is 12.7. The summed E-state index contributed by atoms with van der Waals surface area (Å²) in [4.78, 5) is 0. The minimum Gasteiger partial charge on any atom is -0.0622 e. The van der Waals surface area contributed by atoms with Crippen molar-refractivity contribution in [2.24, 2.45) is 11.3 Å². The summed E-state index contributed by atoms with van der Waals surface area (Å²) in [5.41, 5.74) is 5.56. The third kappa shape index (κ3) is 2.32. The van der Waals surface area contributed by atoms with E-state index in [0.29, 0.717) is 11.3 Å². The molecule has 0 bridgehead atoms. The van der Waals surface area contributed by atoms with Crippen LogP contribution in [-0.4, -0.2) is 5.66 Å². The first kappa shape index (κ1) is 16.0. The predicted molar refractivity (Wildman–Crippen MR) is 114 cm³/mol. The van der Waals surface area contributed by atoms with Crippen molar-refractivity contribution in [3.05, 3.63) is 102 Å². The lowest BCUT2D eigenvalue weighted by Crippen LogP contribution is -2.09. The molecule has 1 heteroatoms. The number of rotatable bonds is 3. The SMILES string of the molecule is CC1(C)C2C(c3ccccc3)=C(c3ccccc3)P(c3ccccc3)C21. The van der Waals surface area contributed by atoms with Gasteiger partial charge in [0.15, 0.2) is 0 Å². The molecule has 0 aromatic heterocycles. The lowest BCUT2D eigenvalue weighted by molar-refractivity contribution is 0.616. The molecule has 1 fully saturated rings. The third-order valence-electron chi connectivity index (χ3n) is 6.02. The fraction of sp³-hybridized carbons (Fsp3) is 0.200. The molecular formula is C25H23P. The Hall–Kier alpha value is -2.17. The molecule has 128 valence electrons. The van der Waals surface area contributed by atoms with Crippen LogP contribution in [0.15, 0.2) is 91.0 Å². The van der Waals surface area contributed by atoms with Crippen molar-refractivity contribution in [2.45, 2.75) is 19.5 Å². The molecule has 0 amide bonds. The molecule has 1 aliphatic carbocycles. The summed E-state index contributed by atoms with van der Waals surface area (Å²) < 4.78 is 0. The molecular weight excluding hydrogens is 331 g/mol. The van der Waals surface area contributed by atoms with Gasteiger partial charge in [0.2, 0.25) is 0 Å². The van der Waals surface area contributed by atoms with E-state index in [1.807, 2.05) is 0 Å². The van der Waals surface area contributed by atoms with Crippen molar-refractivity contribution in [1.82, 2.24) is 0 Å². The van der Waals surface area contributed by atoms with Crippen molar-refractivity contribution >= 4 is 24.1 Å². The number of allylic oxidation sites excluding steroid dienone is 1. The van der Waals surface area contributed by atoms with Gasteiger partial charge < -0.3 is 0 Å². The monoisotopic (exact) mass is 354 g/mol. The van der Waals surface area contributed by atoms with Crippen molar-refractivity contribution in [3.63, 3.8) is 0 Å². The minimum absolute atomic E-state index is 0.338. The zero-order valence-corrected chi connectivity index (χ0v) is 16.2. The molecule has 3 unspecified atom stereocenters. The largest absolute Gasteiger partial charge is 0.0622 e. The average molecular weight is 354 g/mol. The van der Waals surface area contributed by atoms with Crippen LogP contribution in [0.4, 0.5) is 0 Å². The molecule has 1 aliphatic heterocycles. The minimum atomic E-state index is -0.338. The number of hydrogen-bond donors (Lipinski definition) is 0. The molecule has 2 aliphatic rings. The Morgan fingerprint density at radius 3 is 1.73 bits per heavy atom. The molecule has 5 rings (SSSR count). The van der Waals surface area contributed by atoms with Gasteiger partial charge in [0.1, 0.15) is 0 Å². The number of fused-ring (bicyclic) bond motifs is 1. The third-order valence-corrected chi connectivity index (χ3v) is 9.38. The molecule has 3 atom stereocenters. The van der Waals surface area contributed by atoms with Gasteiger partial charge in [-0.1, -0.05) is 105 Å². The molecule has 0 radical (unpaired) electrons. The molecule has 1 heterocycles. The molecule has 0 spiro atoms. The van der Waals surface area contributed by atoms with Gasteiger partial charge in [-0.15, -0.1) is 0 Å². The quantitative estimate of drug-likeness (QED) is 0.477. The van der Waals surface area contributed by atoms with Gasteiger partial charge in [0.05, 0.1) is 0 Å². The molecule has 0 N–H and O–H groups in total. The van der Waals surface area contributed by atoms with Gasteiger partial charge in [-0.25, -0.2) is 0 Å². The first-order valence-electron chi connectivity index (χ1n) is 9.39. The van der Waals surface area contributed by atoms with E-state index in [0.717, 1.165) is 5.66 Å². The van der Waals surface area contributed by atoms with E-state index in [1.165, 1.54) is 16.4 Å². The Labute approximate surface area is 157 Å². The zero-order valence-electron chi connectivity index (χ0n) is 15.3. The Balaban J connectivity index is 1.78. The lowest BCUT2D eigenvalue weighted by Gasteiger charge is -2.25. The second-order valence-corrected chi connectivity index (χ2v) is 10.2. The normalized spacial score (nSPS) is 25.8. The summed E-state index contributed by atoms with van der Waals surface area (Å²) in [6, 6.07) is 33.4. The molecule has 3 aromatic rings. The molecule has 1 saturated carbocycles. The highest BCUT2D eigenvalue weighted by Crippen LogP contribution is 2.82. The van der Waals surface area contributed by atoms with E-state index in [4.69, 9.17) is 0 Å². The maximum atomic E-state index is 2.46. The van der Waals surface area contributed by atoms with Crippen molar-refractivity contribution in [2.75, 3.05) is 0 Å². The van der Waals surface area contributed by atoms with Crippen LogP contribution >= 0.6 is 7.92 Å². The van der Waals surface area contributed by atoms with E-state index < -0.39 is 0 Å². The highest BCUT2D eigenvalue weighted by molar-refractivity contribution is 7.77. The van der Waals surface area contributed by atoms with Crippen LogP contribution in [0, 0.1) is 11.3 Å². The van der Waals surface area contributed by atoms with Gasteiger partial charge in [0, 0.05) is 5.66 Å². The summed E-state index contributed by atoms with van der Waals surface area (Å²) in [7, 11) is -0.338. The van der Waals surface area contributed by atoms with Crippen LogP contribution in [0.2, 0.25) is 0 Å². The van der Waals surface area contributed by atoms with Gasteiger partial charge in [-0.2, -0.15) is 0 Å². The summed E-state index contributed by atoms with van der Waals surface area (Å²) in [5, 5.41) is 3.13. The van der Waals surface area contributed by atoms with Gasteiger partial charge in [-0.05, 0) is 46.6 Å². The highest BCUT2D eigenvalue weighted by atomic mass is 31.1. The van der Waals surface area contributed by atoms with Crippen LogP contribution < -0.4 is 5.30 Å². The van der Waals surface area contributed by atoms with Gasteiger partial charge in [-0.3, -0.25) is 0 Å². The van der Waals surface area contributed by atoms with E-state index >= 15 is 0 Å². The summed E-state index contributed by atoms with van der Waals surface area (Å²) >= 11 is 0. The Kier molecular flexibility index (Phi) is 3.66. The first-order valence-corrected chi connectivity index (χ1v) is 10.8. The van der Waals surface area contributed by atoms with Crippen LogP contribution in [0.1, 0.15) is 25.0 Å². The Bertz CT molecular complexity index is 955. The fourth-order valence-electron chi connectivity index (χ4n) is 4.74. The second kappa shape index (κ2) is 5.93. The van der Waals surface area contributed by atoms with Gasteiger partial charge in [0.25, 0.3) is 0 Å². The topological polar surface area (TPSA) is 0 Å². The standard InChI is InChI=1S/C25H23P/c1-25(2)22-21(18-12-6-3-7-13-18)23(19-14-8-4-9-15-19)26(24(22)25)20-16-10-5-11-17-20/h3-17,22,24H,1-2H3. The lowest BCUT2D eigenvalue weighted by atomic mass is 9.94. The van der Waals surface area contributed by atoms with Crippen LogP contribution in [0.25, 0.3) is 10.9 Å². The molecule has 0 nitrogen and oxygen atoms in total. The van der Waals surface area contributed by atoms with Crippen molar-refractivity contribution < 1.29 is 0 Å². The van der Waals surface area contributed by atoms with E-state index in [2.05, 4.69) is 105 Å². The maximum Gasteiger partial charge on any atom is 0.000354 e. The summed E-state index contributed by atoms with van der Waals surface area (Å²) in [5.74, 6) is 0.673. The molecule has 0 saturated heterocycles. The van der Waals surface area contributed by atoms with Gasteiger partial charge >= 0.3 is 0 Å². The van der Waals surface area contributed by atoms with Crippen LogP contribution in [0.5, 0.6) is 0 Å². The fourth-order valence-corrected chi connectivity index (χ4v) is 8.62. The van der Waals surface area contributed by atoms with Crippen molar-refractivity contribution in [3.8, 4) is 0 Å². The zero-order chi connectivity index (χ0) is 17.7. The van der Waals surface area contributed by atoms with Crippen LogP contribution in [0.3, 0.4) is 0 Å². The average Bonchev–Trinajstić information content (AvgIpc) is 3.07. The Morgan fingerprint density at radius 2 is 1.15 bits per heavy atom. The van der Waals surface area contributed by atoms with E-state index in [1.54, 1.807) is 10.9 Å². The Morgan fingerprint density at radius 1 is 0.654 bits per heavy atom. The second-order valence-electron chi connectivity index (χ2n) is 7.94. The number of benzene rings is 3. The molecule has 3 aromatic carbocycles. The maximum absolute atomic E-state index is 2.46. The molecule has 26 heavy (non-hydrogen) atoms. The summed E-state index contributed by atoms with van der Waals surface area (Å²) in [6.07, 6.45) is 0.